The SMILES string of the molecule is CCc1cc2c(N3CCOC(C#N)C3)nc(N)nc2s1. The van der Waals surface area contributed by atoms with E-state index in [4.69, 9.17) is 15.7 Å². The molecule has 7 heteroatoms. The maximum absolute atomic E-state index is 9.01. The minimum atomic E-state index is -0.417. The second-order valence-electron chi connectivity index (χ2n) is 4.63. The lowest BCUT2D eigenvalue weighted by atomic mass is 10.2. The quantitative estimate of drug-likeness (QED) is 0.902. The van der Waals surface area contributed by atoms with E-state index in [0.717, 1.165) is 22.5 Å². The molecule has 2 N–H and O–H groups in total. The molecular formula is C13H15N5OS. The third kappa shape index (κ3) is 2.28. The average molecular weight is 289 g/mol. The van der Waals surface area contributed by atoms with Gasteiger partial charge in [0.1, 0.15) is 10.6 Å². The molecule has 1 aliphatic heterocycles. The highest BCUT2D eigenvalue weighted by Gasteiger charge is 2.23. The van der Waals surface area contributed by atoms with Crippen molar-refractivity contribution in [1.29, 1.82) is 5.26 Å². The Labute approximate surface area is 120 Å². The van der Waals surface area contributed by atoms with Gasteiger partial charge in [-0.05, 0) is 12.5 Å². The number of fused-ring (bicyclic) bond motifs is 1. The molecule has 1 saturated heterocycles. The molecule has 1 unspecified atom stereocenters. The zero-order chi connectivity index (χ0) is 14.1. The van der Waals surface area contributed by atoms with Crippen LogP contribution in [0.1, 0.15) is 11.8 Å². The molecule has 3 rings (SSSR count). The Kier molecular flexibility index (Phi) is 3.42. The van der Waals surface area contributed by atoms with Crippen LogP contribution in [-0.4, -0.2) is 35.8 Å². The molecule has 2 aromatic rings. The summed E-state index contributed by atoms with van der Waals surface area (Å²) in [6.45, 7) is 3.86. The van der Waals surface area contributed by atoms with E-state index in [1.54, 1.807) is 11.3 Å². The first-order valence-electron chi connectivity index (χ1n) is 6.53. The molecule has 1 atom stereocenters. The minimum absolute atomic E-state index is 0.275. The lowest BCUT2D eigenvalue weighted by molar-refractivity contribution is 0.0763. The highest BCUT2D eigenvalue weighted by molar-refractivity contribution is 7.18. The van der Waals surface area contributed by atoms with Crippen LogP contribution in [0.4, 0.5) is 11.8 Å². The molecule has 104 valence electrons. The van der Waals surface area contributed by atoms with Crippen LogP contribution >= 0.6 is 11.3 Å². The summed E-state index contributed by atoms with van der Waals surface area (Å²) in [5.41, 5.74) is 5.81. The van der Waals surface area contributed by atoms with Crippen LogP contribution in [0.5, 0.6) is 0 Å². The van der Waals surface area contributed by atoms with E-state index in [0.29, 0.717) is 19.7 Å². The van der Waals surface area contributed by atoms with E-state index < -0.39 is 6.10 Å². The van der Waals surface area contributed by atoms with Gasteiger partial charge in [-0.3, -0.25) is 0 Å². The lowest BCUT2D eigenvalue weighted by Gasteiger charge is -2.31. The second kappa shape index (κ2) is 5.23. The maximum Gasteiger partial charge on any atom is 0.223 e. The number of thiophene rings is 1. The van der Waals surface area contributed by atoms with Gasteiger partial charge >= 0.3 is 0 Å². The Morgan fingerprint density at radius 3 is 3.20 bits per heavy atom. The molecule has 2 aromatic heterocycles. The first-order chi connectivity index (χ1) is 9.71. The summed E-state index contributed by atoms with van der Waals surface area (Å²) in [5, 5.41) is 10.0. The largest absolute Gasteiger partial charge is 0.368 e. The molecule has 0 bridgehead atoms. The average Bonchev–Trinajstić information content (AvgIpc) is 2.89. The second-order valence-corrected chi connectivity index (χ2v) is 5.74. The van der Waals surface area contributed by atoms with Gasteiger partial charge in [-0.25, -0.2) is 4.98 Å². The normalized spacial score (nSPS) is 19.2. The molecule has 3 heterocycles. The number of ether oxygens (including phenoxy) is 1. The molecule has 0 amide bonds. The molecule has 0 spiro atoms. The van der Waals surface area contributed by atoms with E-state index >= 15 is 0 Å². The number of hydrogen-bond donors (Lipinski definition) is 1. The van der Waals surface area contributed by atoms with Gasteiger partial charge in [0.05, 0.1) is 24.6 Å². The molecule has 20 heavy (non-hydrogen) atoms. The Balaban J connectivity index is 2.05. The fourth-order valence-corrected chi connectivity index (χ4v) is 3.28. The van der Waals surface area contributed by atoms with Gasteiger partial charge in [0, 0.05) is 11.4 Å². The topological polar surface area (TPSA) is 88.1 Å². The van der Waals surface area contributed by atoms with Crippen molar-refractivity contribution in [3.63, 3.8) is 0 Å². The number of rotatable bonds is 2. The first-order valence-corrected chi connectivity index (χ1v) is 7.35. The summed E-state index contributed by atoms with van der Waals surface area (Å²) in [6, 6.07) is 4.26. The first kappa shape index (κ1) is 13.1. The molecule has 0 aliphatic carbocycles. The zero-order valence-corrected chi connectivity index (χ0v) is 12.0. The number of nitrogens with zero attached hydrogens (tertiary/aromatic N) is 4. The van der Waals surface area contributed by atoms with Crippen molar-refractivity contribution in [2.24, 2.45) is 0 Å². The van der Waals surface area contributed by atoms with Crippen molar-refractivity contribution < 1.29 is 4.74 Å². The zero-order valence-electron chi connectivity index (χ0n) is 11.2. The predicted molar refractivity (Wildman–Crippen MR) is 78.8 cm³/mol. The third-order valence-corrected chi connectivity index (χ3v) is 4.47. The van der Waals surface area contributed by atoms with Crippen LogP contribution in [0, 0.1) is 11.3 Å². The highest BCUT2D eigenvalue weighted by Crippen LogP contribution is 2.32. The summed E-state index contributed by atoms with van der Waals surface area (Å²) in [7, 11) is 0. The van der Waals surface area contributed by atoms with Crippen molar-refractivity contribution >= 4 is 33.3 Å². The van der Waals surface area contributed by atoms with E-state index in [9.17, 15) is 0 Å². The number of nitrogen functional groups attached to an aromatic ring is 1. The summed E-state index contributed by atoms with van der Waals surface area (Å²) in [5.74, 6) is 1.09. The Morgan fingerprint density at radius 1 is 1.60 bits per heavy atom. The molecule has 0 aromatic carbocycles. The molecule has 0 saturated carbocycles. The maximum atomic E-state index is 9.01. The number of nitrogens with two attached hydrogens (primary N) is 1. The molecule has 1 fully saturated rings. The van der Waals surface area contributed by atoms with Crippen molar-refractivity contribution in [3.05, 3.63) is 10.9 Å². The third-order valence-electron chi connectivity index (χ3n) is 3.30. The van der Waals surface area contributed by atoms with Crippen molar-refractivity contribution in [1.82, 2.24) is 9.97 Å². The lowest BCUT2D eigenvalue weighted by Crippen LogP contribution is -2.42. The Morgan fingerprint density at radius 2 is 2.45 bits per heavy atom. The van der Waals surface area contributed by atoms with Gasteiger partial charge < -0.3 is 15.4 Å². The van der Waals surface area contributed by atoms with E-state index in [-0.39, 0.29) is 5.95 Å². The van der Waals surface area contributed by atoms with Crippen LogP contribution in [0.2, 0.25) is 0 Å². The number of nitriles is 1. The van der Waals surface area contributed by atoms with Gasteiger partial charge in [-0.2, -0.15) is 10.2 Å². The van der Waals surface area contributed by atoms with E-state index in [1.165, 1.54) is 4.88 Å². The minimum Gasteiger partial charge on any atom is -0.368 e. The van der Waals surface area contributed by atoms with Gasteiger partial charge in [0.2, 0.25) is 5.95 Å². The molecule has 1 aliphatic rings. The van der Waals surface area contributed by atoms with Gasteiger partial charge in [0.25, 0.3) is 0 Å². The van der Waals surface area contributed by atoms with Crippen LogP contribution < -0.4 is 10.6 Å². The van der Waals surface area contributed by atoms with Crippen molar-refractivity contribution in [2.45, 2.75) is 19.4 Å². The van der Waals surface area contributed by atoms with E-state index in [1.807, 2.05) is 0 Å². The number of anilines is 2. The number of morpholine rings is 1. The van der Waals surface area contributed by atoms with E-state index in [2.05, 4.69) is 33.9 Å². The van der Waals surface area contributed by atoms with Gasteiger partial charge in [-0.1, -0.05) is 6.92 Å². The Hall–Kier alpha value is -1.91. The molecular weight excluding hydrogens is 274 g/mol. The van der Waals surface area contributed by atoms with Crippen LogP contribution in [0.25, 0.3) is 10.2 Å². The predicted octanol–water partition coefficient (Wildman–Crippen LogP) is 1.56. The van der Waals surface area contributed by atoms with Gasteiger partial charge in [0.15, 0.2) is 6.10 Å². The fraction of sp³-hybridized carbons (Fsp3) is 0.462. The summed E-state index contributed by atoms with van der Waals surface area (Å²) < 4.78 is 5.37. The highest BCUT2D eigenvalue weighted by atomic mass is 32.1. The van der Waals surface area contributed by atoms with Crippen LogP contribution in [0.15, 0.2) is 6.07 Å². The van der Waals surface area contributed by atoms with Crippen molar-refractivity contribution in [2.75, 3.05) is 30.3 Å². The summed E-state index contributed by atoms with van der Waals surface area (Å²) in [6.07, 6.45) is 0.545. The number of aromatic nitrogens is 2. The smallest absolute Gasteiger partial charge is 0.223 e. The summed E-state index contributed by atoms with van der Waals surface area (Å²) >= 11 is 1.64. The van der Waals surface area contributed by atoms with Gasteiger partial charge in [-0.15, -0.1) is 11.3 Å². The molecule has 6 nitrogen and oxygen atoms in total. The molecule has 0 radical (unpaired) electrons. The van der Waals surface area contributed by atoms with Crippen LogP contribution in [-0.2, 0) is 11.2 Å². The monoisotopic (exact) mass is 289 g/mol. The summed E-state index contributed by atoms with van der Waals surface area (Å²) in [4.78, 5) is 12.9. The van der Waals surface area contributed by atoms with Crippen molar-refractivity contribution in [3.8, 4) is 6.07 Å². The van der Waals surface area contributed by atoms with Crippen LogP contribution in [0.3, 0.4) is 0 Å². The number of hydrogen-bond acceptors (Lipinski definition) is 7. The standard InChI is InChI=1S/C13H15N5OS/c1-2-9-5-10-11(16-13(15)17-12(10)20-9)18-3-4-19-8(6-14)7-18/h5,8H,2-4,7H2,1H3,(H2,15,16,17). The Bertz CT molecular complexity index is 677. The number of aryl methyl sites for hydroxylation is 1. The fourth-order valence-electron chi connectivity index (χ4n) is 2.31.